The van der Waals surface area contributed by atoms with Crippen LogP contribution in [0.25, 0.3) is 0 Å². The van der Waals surface area contributed by atoms with E-state index in [9.17, 15) is 28.1 Å². The van der Waals surface area contributed by atoms with Crippen LogP contribution >= 0.6 is 15.9 Å². The minimum atomic E-state index is -4.54. The molecule has 2 aromatic rings. The summed E-state index contributed by atoms with van der Waals surface area (Å²) in [6, 6.07) is 7.21. The average molecular weight is 418 g/mol. The first-order valence-electron chi connectivity index (χ1n) is 6.77. The van der Waals surface area contributed by atoms with Gasteiger partial charge in [-0.25, -0.2) is 0 Å². The monoisotopic (exact) mass is 417 g/mol. The van der Waals surface area contributed by atoms with Crippen LogP contribution in [-0.4, -0.2) is 10.8 Å². The van der Waals surface area contributed by atoms with Gasteiger partial charge in [0.25, 0.3) is 5.69 Å². The zero-order valence-electron chi connectivity index (χ0n) is 12.4. The van der Waals surface area contributed by atoms with Gasteiger partial charge in [0.2, 0.25) is 5.91 Å². The summed E-state index contributed by atoms with van der Waals surface area (Å²) in [4.78, 5) is 21.5. The smallest absolute Gasteiger partial charge is 0.381 e. The van der Waals surface area contributed by atoms with E-state index in [1.807, 2.05) is 0 Å². The molecular weight excluding hydrogens is 407 g/mol. The van der Waals surface area contributed by atoms with Gasteiger partial charge in [0.1, 0.15) is 0 Å². The van der Waals surface area contributed by atoms with Crippen LogP contribution in [0.2, 0.25) is 0 Å². The Morgan fingerprint density at radius 1 is 1.24 bits per heavy atom. The Hall–Kier alpha value is -2.62. The zero-order chi connectivity index (χ0) is 18.8. The van der Waals surface area contributed by atoms with E-state index >= 15 is 0 Å². The lowest BCUT2D eigenvalue weighted by Crippen LogP contribution is -2.12. The first kappa shape index (κ1) is 18.7. The van der Waals surface area contributed by atoms with Gasteiger partial charge in [0.15, 0.2) is 0 Å². The molecule has 1 amide bonds. The van der Waals surface area contributed by atoms with Crippen LogP contribution in [0.3, 0.4) is 0 Å². The fourth-order valence-electron chi connectivity index (χ4n) is 2.09. The molecule has 0 spiro atoms. The first-order valence-corrected chi connectivity index (χ1v) is 7.56. The summed E-state index contributed by atoms with van der Waals surface area (Å²) < 4.78 is 38.6. The Morgan fingerprint density at radius 3 is 2.48 bits per heavy atom. The molecule has 0 saturated heterocycles. The standard InChI is InChI=1S/C15H11BrF3N3O3/c16-12-4-3-10(6-11(12)15(17,18)19)21-7-9-2-1-8(14(20)23)5-13(9)22(24)25/h1-6,21H,7H2,(H2,20,23). The van der Waals surface area contributed by atoms with Crippen LogP contribution in [-0.2, 0) is 12.7 Å². The highest BCUT2D eigenvalue weighted by Gasteiger charge is 2.33. The lowest BCUT2D eigenvalue weighted by atomic mass is 10.1. The van der Waals surface area contributed by atoms with Crippen LogP contribution in [0.4, 0.5) is 24.5 Å². The van der Waals surface area contributed by atoms with Gasteiger partial charge in [-0.3, -0.25) is 14.9 Å². The van der Waals surface area contributed by atoms with Crippen molar-refractivity contribution in [2.45, 2.75) is 12.7 Å². The summed E-state index contributed by atoms with van der Waals surface area (Å²) in [6.45, 7) is -0.103. The van der Waals surface area contributed by atoms with E-state index < -0.39 is 22.6 Å². The summed E-state index contributed by atoms with van der Waals surface area (Å²) in [5.74, 6) is -0.815. The van der Waals surface area contributed by atoms with E-state index in [0.717, 1.165) is 12.1 Å². The Kier molecular flexibility index (Phi) is 5.31. The van der Waals surface area contributed by atoms with E-state index in [2.05, 4.69) is 21.2 Å². The fraction of sp³-hybridized carbons (Fsp3) is 0.133. The predicted octanol–water partition coefficient (Wildman–Crippen LogP) is 4.09. The summed E-state index contributed by atoms with van der Waals surface area (Å²) >= 11 is 2.83. The number of nitro groups is 1. The van der Waals surface area contributed by atoms with E-state index in [1.165, 1.54) is 24.3 Å². The quantitative estimate of drug-likeness (QED) is 0.565. The first-order chi connectivity index (χ1) is 11.6. The number of benzene rings is 2. The van der Waals surface area contributed by atoms with Gasteiger partial charge >= 0.3 is 6.18 Å². The molecule has 132 valence electrons. The van der Waals surface area contributed by atoms with E-state index in [0.29, 0.717) is 0 Å². The Labute approximate surface area is 148 Å². The highest BCUT2D eigenvalue weighted by molar-refractivity contribution is 9.10. The number of nitro benzene ring substituents is 1. The van der Waals surface area contributed by atoms with E-state index in [1.54, 1.807) is 0 Å². The highest BCUT2D eigenvalue weighted by atomic mass is 79.9. The Bertz CT molecular complexity index is 841. The second kappa shape index (κ2) is 7.09. The van der Waals surface area contributed by atoms with Crippen LogP contribution in [0.15, 0.2) is 40.9 Å². The van der Waals surface area contributed by atoms with Crippen molar-refractivity contribution >= 4 is 33.2 Å². The molecule has 2 aromatic carbocycles. The van der Waals surface area contributed by atoms with E-state index in [4.69, 9.17) is 5.73 Å². The van der Waals surface area contributed by atoms with Crippen LogP contribution < -0.4 is 11.1 Å². The van der Waals surface area contributed by atoms with Gasteiger partial charge in [-0.05, 0) is 30.3 Å². The molecule has 25 heavy (non-hydrogen) atoms. The van der Waals surface area contributed by atoms with Crippen molar-refractivity contribution in [1.29, 1.82) is 0 Å². The van der Waals surface area contributed by atoms with Gasteiger partial charge in [-0.15, -0.1) is 0 Å². The maximum absolute atomic E-state index is 12.9. The van der Waals surface area contributed by atoms with Crippen molar-refractivity contribution < 1.29 is 22.9 Å². The normalized spacial score (nSPS) is 11.2. The summed E-state index contributed by atoms with van der Waals surface area (Å²) in [5, 5.41) is 13.8. The second-order valence-electron chi connectivity index (χ2n) is 5.01. The third-order valence-electron chi connectivity index (χ3n) is 3.32. The molecule has 0 aliphatic heterocycles. The second-order valence-corrected chi connectivity index (χ2v) is 5.87. The molecule has 0 unspecified atom stereocenters. The number of nitrogens with one attached hydrogen (secondary N) is 1. The molecule has 0 aromatic heterocycles. The van der Waals surface area contributed by atoms with Gasteiger partial charge in [0, 0.05) is 33.9 Å². The molecule has 0 fully saturated rings. The lowest BCUT2D eigenvalue weighted by molar-refractivity contribution is -0.385. The number of halogens is 4. The number of nitrogens with zero attached hydrogens (tertiary/aromatic N) is 1. The molecule has 0 aliphatic carbocycles. The van der Waals surface area contributed by atoms with Gasteiger partial charge < -0.3 is 11.1 Å². The van der Waals surface area contributed by atoms with Crippen LogP contribution in [0.5, 0.6) is 0 Å². The lowest BCUT2D eigenvalue weighted by Gasteiger charge is -2.13. The number of primary amides is 1. The van der Waals surface area contributed by atoms with Crippen molar-refractivity contribution in [2.24, 2.45) is 5.73 Å². The number of amides is 1. The number of alkyl halides is 3. The number of hydrogen-bond donors (Lipinski definition) is 2. The number of carbonyl (C=O) groups is 1. The fourth-order valence-corrected chi connectivity index (χ4v) is 2.56. The number of hydrogen-bond acceptors (Lipinski definition) is 4. The molecule has 0 atom stereocenters. The molecule has 6 nitrogen and oxygen atoms in total. The number of rotatable bonds is 5. The molecular formula is C15H11BrF3N3O3. The van der Waals surface area contributed by atoms with Crippen molar-refractivity contribution in [3.63, 3.8) is 0 Å². The number of nitrogens with two attached hydrogens (primary N) is 1. The Morgan fingerprint density at radius 2 is 1.92 bits per heavy atom. The molecule has 0 bridgehead atoms. The van der Waals surface area contributed by atoms with Gasteiger partial charge in [-0.2, -0.15) is 13.2 Å². The van der Waals surface area contributed by atoms with Crippen LogP contribution in [0, 0.1) is 10.1 Å². The molecule has 10 heteroatoms. The SMILES string of the molecule is NC(=O)c1ccc(CNc2ccc(Br)c(C(F)(F)F)c2)c([N+](=O)[O-])c1. The van der Waals surface area contributed by atoms with Crippen molar-refractivity contribution in [3.8, 4) is 0 Å². The van der Waals surface area contributed by atoms with E-state index in [-0.39, 0.29) is 33.5 Å². The predicted molar refractivity (Wildman–Crippen MR) is 88.1 cm³/mol. The third-order valence-corrected chi connectivity index (χ3v) is 4.01. The van der Waals surface area contributed by atoms with Crippen molar-refractivity contribution in [3.05, 3.63) is 67.7 Å². The van der Waals surface area contributed by atoms with Crippen LogP contribution in [0.1, 0.15) is 21.5 Å². The number of carbonyl (C=O) groups excluding carboxylic acids is 1. The molecule has 0 aliphatic rings. The molecule has 0 saturated carbocycles. The number of anilines is 1. The summed E-state index contributed by atoms with van der Waals surface area (Å²) in [5.41, 5.74) is 4.18. The largest absolute Gasteiger partial charge is 0.417 e. The molecule has 0 radical (unpaired) electrons. The average Bonchev–Trinajstić information content (AvgIpc) is 2.52. The minimum Gasteiger partial charge on any atom is -0.381 e. The Balaban J connectivity index is 2.27. The third kappa shape index (κ3) is 4.47. The topological polar surface area (TPSA) is 98.3 Å². The maximum atomic E-state index is 12.9. The van der Waals surface area contributed by atoms with Crippen molar-refractivity contribution in [1.82, 2.24) is 0 Å². The molecule has 0 heterocycles. The molecule has 3 N–H and O–H groups in total. The van der Waals surface area contributed by atoms with Gasteiger partial charge in [0.05, 0.1) is 10.5 Å². The van der Waals surface area contributed by atoms with Gasteiger partial charge in [-0.1, -0.05) is 15.9 Å². The zero-order valence-corrected chi connectivity index (χ0v) is 14.0. The molecule has 2 rings (SSSR count). The summed E-state index contributed by atoms with van der Waals surface area (Å²) in [6.07, 6.45) is -4.54. The van der Waals surface area contributed by atoms with Crippen molar-refractivity contribution in [2.75, 3.05) is 5.32 Å². The maximum Gasteiger partial charge on any atom is 0.417 e. The summed E-state index contributed by atoms with van der Waals surface area (Å²) in [7, 11) is 0. The highest BCUT2D eigenvalue weighted by Crippen LogP contribution is 2.36. The minimum absolute atomic E-state index is 0.0292.